The molecule has 2 aromatic rings. The zero-order valence-corrected chi connectivity index (χ0v) is 11.2. The van der Waals surface area contributed by atoms with Crippen LogP contribution >= 0.6 is 11.8 Å². The highest BCUT2D eigenvalue weighted by molar-refractivity contribution is 7.99. The number of thioether (sulfide) groups is 1. The van der Waals surface area contributed by atoms with E-state index >= 15 is 0 Å². The average Bonchev–Trinajstić information content (AvgIpc) is 2.83. The Labute approximate surface area is 121 Å². The van der Waals surface area contributed by atoms with E-state index < -0.39 is 17.7 Å². The van der Waals surface area contributed by atoms with E-state index in [1.807, 2.05) is 0 Å². The van der Waals surface area contributed by atoms with Crippen LogP contribution in [-0.2, 0) is 17.4 Å². The Morgan fingerprint density at radius 3 is 2.48 bits per heavy atom. The van der Waals surface area contributed by atoms with Crippen LogP contribution in [0.5, 0.6) is 0 Å². The molecule has 0 aliphatic rings. The van der Waals surface area contributed by atoms with Gasteiger partial charge < -0.3 is 9.52 Å². The lowest BCUT2D eigenvalue weighted by molar-refractivity contribution is -0.137. The van der Waals surface area contributed by atoms with E-state index in [9.17, 15) is 18.0 Å². The molecule has 0 bridgehead atoms. The number of benzene rings is 1. The van der Waals surface area contributed by atoms with Gasteiger partial charge in [0.1, 0.15) is 5.75 Å². The molecule has 1 heterocycles. The summed E-state index contributed by atoms with van der Waals surface area (Å²) in [6.07, 6.45) is -4.19. The molecule has 2 rings (SSSR count). The Bertz CT molecular complexity index is 625. The van der Waals surface area contributed by atoms with Gasteiger partial charge in [-0.05, 0) is 17.7 Å². The number of carbonyl (C=O) groups is 1. The summed E-state index contributed by atoms with van der Waals surface area (Å²) in [4.78, 5) is 10.4. The van der Waals surface area contributed by atoms with Gasteiger partial charge in [-0.25, -0.2) is 0 Å². The summed E-state index contributed by atoms with van der Waals surface area (Å²) in [6, 6.07) is 4.62. The third kappa shape index (κ3) is 4.48. The molecule has 5 nitrogen and oxygen atoms in total. The predicted octanol–water partition coefficient (Wildman–Crippen LogP) is 2.86. The Hall–Kier alpha value is -2.03. The van der Waals surface area contributed by atoms with E-state index in [2.05, 4.69) is 10.2 Å². The Morgan fingerprint density at radius 1 is 1.24 bits per heavy atom. The molecular weight excluding hydrogens is 309 g/mol. The number of aliphatic carboxylic acids is 1. The van der Waals surface area contributed by atoms with Crippen molar-refractivity contribution >= 4 is 17.7 Å². The topological polar surface area (TPSA) is 76.2 Å². The number of hydrogen-bond donors (Lipinski definition) is 1. The van der Waals surface area contributed by atoms with Gasteiger partial charge in [0.2, 0.25) is 5.89 Å². The molecule has 0 atom stereocenters. The van der Waals surface area contributed by atoms with Crippen LogP contribution in [0.2, 0.25) is 0 Å². The normalized spacial score (nSPS) is 11.6. The lowest BCUT2D eigenvalue weighted by atomic mass is 10.1. The summed E-state index contributed by atoms with van der Waals surface area (Å²) < 4.78 is 42.4. The highest BCUT2D eigenvalue weighted by Crippen LogP contribution is 2.29. The second kappa shape index (κ2) is 6.17. The highest BCUT2D eigenvalue weighted by Gasteiger charge is 2.29. The molecule has 0 aliphatic heterocycles. The smallest absolute Gasteiger partial charge is 0.416 e. The quantitative estimate of drug-likeness (QED) is 0.854. The van der Waals surface area contributed by atoms with Crippen molar-refractivity contribution in [1.29, 1.82) is 0 Å². The van der Waals surface area contributed by atoms with Crippen LogP contribution in [-0.4, -0.2) is 27.0 Å². The fourth-order valence-electron chi connectivity index (χ4n) is 1.48. The minimum atomic E-state index is -4.37. The summed E-state index contributed by atoms with van der Waals surface area (Å²) in [5, 5.41) is 16.0. The lowest BCUT2D eigenvalue weighted by Gasteiger charge is -2.06. The first-order chi connectivity index (χ1) is 9.84. The SMILES string of the molecule is O=C(O)CSc1nnc(Cc2ccc(C(F)(F)F)cc2)o1. The number of carboxylic acids is 1. The van der Waals surface area contributed by atoms with Crippen LogP contribution in [0, 0.1) is 0 Å². The minimum Gasteiger partial charge on any atom is -0.481 e. The molecule has 1 aromatic carbocycles. The van der Waals surface area contributed by atoms with Crippen LogP contribution in [0.3, 0.4) is 0 Å². The van der Waals surface area contributed by atoms with Crippen molar-refractivity contribution in [3.8, 4) is 0 Å². The molecule has 0 amide bonds. The van der Waals surface area contributed by atoms with E-state index in [0.29, 0.717) is 5.56 Å². The summed E-state index contributed by atoms with van der Waals surface area (Å²) >= 11 is 0.877. The Balaban J connectivity index is 2.00. The minimum absolute atomic E-state index is 0.110. The Morgan fingerprint density at radius 2 is 1.90 bits per heavy atom. The lowest BCUT2D eigenvalue weighted by Crippen LogP contribution is -2.04. The molecule has 0 saturated heterocycles. The van der Waals surface area contributed by atoms with Gasteiger partial charge in [0, 0.05) is 0 Å². The summed E-state index contributed by atoms with van der Waals surface area (Å²) in [7, 11) is 0. The van der Waals surface area contributed by atoms with Crippen molar-refractivity contribution in [3.63, 3.8) is 0 Å². The van der Waals surface area contributed by atoms with Gasteiger partial charge in [-0.15, -0.1) is 10.2 Å². The van der Waals surface area contributed by atoms with E-state index in [0.717, 1.165) is 23.9 Å². The maximum Gasteiger partial charge on any atom is 0.416 e. The Kier molecular flexibility index (Phi) is 4.51. The third-order valence-electron chi connectivity index (χ3n) is 2.40. The number of halogens is 3. The van der Waals surface area contributed by atoms with Gasteiger partial charge in [0.15, 0.2) is 0 Å². The fourth-order valence-corrected chi connectivity index (χ4v) is 1.98. The number of carboxylic acid groups (broad SMARTS) is 1. The van der Waals surface area contributed by atoms with Gasteiger partial charge in [-0.3, -0.25) is 4.79 Å². The zero-order chi connectivity index (χ0) is 15.5. The van der Waals surface area contributed by atoms with Crippen molar-refractivity contribution < 1.29 is 27.5 Å². The van der Waals surface area contributed by atoms with Crippen molar-refractivity contribution in [2.45, 2.75) is 17.8 Å². The number of aromatic nitrogens is 2. The summed E-state index contributed by atoms with van der Waals surface area (Å²) in [5.41, 5.74) is -0.143. The van der Waals surface area contributed by atoms with Crippen LogP contribution < -0.4 is 0 Å². The number of hydrogen-bond acceptors (Lipinski definition) is 5. The van der Waals surface area contributed by atoms with Crippen LogP contribution in [0.1, 0.15) is 17.0 Å². The molecular formula is C12H9F3N2O3S. The monoisotopic (exact) mass is 318 g/mol. The van der Waals surface area contributed by atoms with E-state index in [4.69, 9.17) is 9.52 Å². The number of rotatable bonds is 5. The molecule has 21 heavy (non-hydrogen) atoms. The van der Waals surface area contributed by atoms with E-state index in [1.54, 1.807) is 0 Å². The van der Waals surface area contributed by atoms with Gasteiger partial charge in [-0.1, -0.05) is 23.9 Å². The molecule has 0 fully saturated rings. The molecule has 1 aromatic heterocycles. The average molecular weight is 318 g/mol. The highest BCUT2D eigenvalue weighted by atomic mass is 32.2. The molecule has 0 aliphatic carbocycles. The standard InChI is InChI=1S/C12H9F3N2O3S/c13-12(14,15)8-3-1-7(2-4-8)5-9-16-17-11(20-9)21-6-10(18)19/h1-4H,5-6H2,(H,18,19). The second-order valence-corrected chi connectivity index (χ2v) is 4.94. The first kappa shape index (κ1) is 15.4. The number of nitrogens with zero attached hydrogens (tertiary/aromatic N) is 2. The molecule has 0 spiro atoms. The van der Waals surface area contributed by atoms with Crippen molar-refractivity contribution in [2.24, 2.45) is 0 Å². The fraction of sp³-hybridized carbons (Fsp3) is 0.250. The second-order valence-electron chi connectivity index (χ2n) is 4.02. The van der Waals surface area contributed by atoms with Crippen LogP contribution in [0.4, 0.5) is 13.2 Å². The molecule has 0 radical (unpaired) electrons. The van der Waals surface area contributed by atoms with E-state index in [-0.39, 0.29) is 23.3 Å². The van der Waals surface area contributed by atoms with Crippen molar-refractivity contribution in [2.75, 3.05) is 5.75 Å². The maximum absolute atomic E-state index is 12.4. The van der Waals surface area contributed by atoms with Gasteiger partial charge >= 0.3 is 12.1 Å². The third-order valence-corrected chi connectivity index (χ3v) is 3.21. The van der Waals surface area contributed by atoms with E-state index in [1.165, 1.54) is 12.1 Å². The zero-order valence-electron chi connectivity index (χ0n) is 10.4. The number of alkyl halides is 3. The molecule has 0 saturated carbocycles. The first-order valence-corrected chi connectivity index (χ1v) is 6.66. The largest absolute Gasteiger partial charge is 0.481 e. The molecule has 0 unspecified atom stereocenters. The first-order valence-electron chi connectivity index (χ1n) is 5.67. The maximum atomic E-state index is 12.4. The summed E-state index contributed by atoms with van der Waals surface area (Å²) in [6.45, 7) is 0. The van der Waals surface area contributed by atoms with Gasteiger partial charge in [0.05, 0.1) is 12.0 Å². The predicted molar refractivity (Wildman–Crippen MR) is 66.9 cm³/mol. The van der Waals surface area contributed by atoms with Gasteiger partial charge in [0.25, 0.3) is 5.22 Å². The van der Waals surface area contributed by atoms with Crippen LogP contribution in [0.15, 0.2) is 33.9 Å². The molecule has 1 N–H and O–H groups in total. The van der Waals surface area contributed by atoms with Crippen LogP contribution in [0.25, 0.3) is 0 Å². The summed E-state index contributed by atoms with van der Waals surface area (Å²) in [5.74, 6) is -1.01. The van der Waals surface area contributed by atoms with Gasteiger partial charge in [-0.2, -0.15) is 13.2 Å². The molecule has 9 heteroatoms. The van der Waals surface area contributed by atoms with Crippen molar-refractivity contribution in [3.05, 3.63) is 41.3 Å². The molecule has 112 valence electrons. The van der Waals surface area contributed by atoms with Crippen molar-refractivity contribution in [1.82, 2.24) is 10.2 Å².